The monoisotopic (exact) mass is 334 g/mol. The van der Waals surface area contributed by atoms with Gasteiger partial charge in [-0.05, 0) is 25.8 Å². The van der Waals surface area contributed by atoms with Crippen molar-refractivity contribution in [3.63, 3.8) is 0 Å². The number of rotatable bonds is 4. The molecule has 1 N–H and O–H groups in total. The molecule has 1 aromatic heterocycles. The summed E-state index contributed by atoms with van der Waals surface area (Å²) in [4.78, 5) is 24.8. The van der Waals surface area contributed by atoms with Gasteiger partial charge < -0.3 is 5.32 Å². The Bertz CT molecular complexity index is 775. The minimum atomic E-state index is -0.345. The number of nitrogens with zero attached hydrogens (tertiary/aromatic N) is 1. The van der Waals surface area contributed by atoms with Crippen LogP contribution in [0.15, 0.2) is 29.1 Å². The molecular weight excluding hydrogens is 315 g/mol. The first-order chi connectivity index (χ1) is 11.1. The molecule has 23 heavy (non-hydrogen) atoms. The lowest BCUT2D eigenvalue weighted by Crippen LogP contribution is -2.32. The van der Waals surface area contributed by atoms with Crippen molar-refractivity contribution in [3.05, 3.63) is 55.9 Å². The summed E-state index contributed by atoms with van der Waals surface area (Å²) in [6, 6.07) is 6.58. The van der Waals surface area contributed by atoms with Gasteiger partial charge in [0.1, 0.15) is 10.7 Å². The van der Waals surface area contributed by atoms with E-state index in [4.69, 9.17) is 0 Å². The normalized spacial score (nSPS) is 15.0. The van der Waals surface area contributed by atoms with Crippen LogP contribution in [0.3, 0.4) is 0 Å². The van der Waals surface area contributed by atoms with Gasteiger partial charge in [0.2, 0.25) is 0 Å². The molecule has 0 radical (unpaired) electrons. The number of thiazole rings is 1. The number of nitrogens with one attached hydrogen (secondary N) is 1. The first kappa shape index (κ1) is 15.9. The Morgan fingerprint density at radius 2 is 2.04 bits per heavy atom. The summed E-state index contributed by atoms with van der Waals surface area (Å²) in [5.74, 6) is -0.536. The summed E-state index contributed by atoms with van der Waals surface area (Å²) in [5, 5.41) is 3.00. The van der Waals surface area contributed by atoms with Crippen LogP contribution in [-0.2, 0) is 6.54 Å². The van der Waals surface area contributed by atoms with Crippen LogP contribution < -0.4 is 10.2 Å². The van der Waals surface area contributed by atoms with Gasteiger partial charge in [0.25, 0.3) is 5.91 Å². The van der Waals surface area contributed by atoms with Crippen molar-refractivity contribution in [2.45, 2.75) is 45.2 Å². The molecule has 1 heterocycles. The molecule has 1 aliphatic rings. The van der Waals surface area contributed by atoms with Gasteiger partial charge in [0.15, 0.2) is 0 Å². The second kappa shape index (κ2) is 6.66. The van der Waals surface area contributed by atoms with Crippen LogP contribution in [0.25, 0.3) is 0 Å². The predicted octanol–water partition coefficient (Wildman–Crippen LogP) is 3.08. The summed E-state index contributed by atoms with van der Waals surface area (Å²) in [6.45, 7) is 1.88. The van der Waals surface area contributed by atoms with E-state index in [0.29, 0.717) is 16.1 Å². The molecule has 122 valence electrons. The van der Waals surface area contributed by atoms with Crippen molar-refractivity contribution >= 4 is 17.2 Å². The highest BCUT2D eigenvalue weighted by Crippen LogP contribution is 2.20. The van der Waals surface area contributed by atoms with Gasteiger partial charge in [-0.2, -0.15) is 0 Å². The number of carbonyl (C=O) groups excluding carboxylic acids is 1. The molecule has 0 atom stereocenters. The van der Waals surface area contributed by atoms with Crippen molar-refractivity contribution in [3.8, 4) is 0 Å². The Morgan fingerprint density at radius 1 is 1.35 bits per heavy atom. The highest BCUT2D eigenvalue weighted by Gasteiger charge is 2.22. The Labute approximate surface area is 138 Å². The average Bonchev–Trinajstić information content (AvgIpc) is 3.12. The lowest BCUT2D eigenvalue weighted by Gasteiger charge is -2.11. The maximum Gasteiger partial charge on any atom is 0.308 e. The van der Waals surface area contributed by atoms with E-state index in [9.17, 15) is 14.0 Å². The first-order valence-electron chi connectivity index (χ1n) is 7.80. The van der Waals surface area contributed by atoms with E-state index in [-0.39, 0.29) is 29.2 Å². The smallest absolute Gasteiger partial charge is 0.308 e. The molecule has 1 fully saturated rings. The number of hydrogen-bond acceptors (Lipinski definition) is 3. The summed E-state index contributed by atoms with van der Waals surface area (Å²) in [7, 11) is 0. The zero-order chi connectivity index (χ0) is 16.4. The Balaban J connectivity index is 1.83. The van der Waals surface area contributed by atoms with E-state index < -0.39 is 0 Å². The molecule has 3 rings (SSSR count). The van der Waals surface area contributed by atoms with Gasteiger partial charge in [-0.1, -0.05) is 42.4 Å². The summed E-state index contributed by atoms with van der Waals surface area (Å²) >= 11 is 0.930. The summed E-state index contributed by atoms with van der Waals surface area (Å²) in [5.41, 5.74) is 1.04. The zero-order valence-electron chi connectivity index (χ0n) is 13.0. The van der Waals surface area contributed by atoms with Crippen LogP contribution in [0.5, 0.6) is 0 Å². The number of amides is 1. The second-order valence-electron chi connectivity index (χ2n) is 5.91. The molecule has 2 aromatic rings. The third kappa shape index (κ3) is 3.37. The summed E-state index contributed by atoms with van der Waals surface area (Å²) < 4.78 is 15.2. The highest BCUT2D eigenvalue weighted by molar-refractivity contribution is 7.11. The number of hydrogen-bond donors (Lipinski definition) is 1. The molecule has 1 aliphatic carbocycles. The summed E-state index contributed by atoms with van der Waals surface area (Å²) in [6.07, 6.45) is 4.26. The lowest BCUT2D eigenvalue weighted by atomic mass is 10.2. The molecule has 1 saturated carbocycles. The number of aromatic nitrogens is 1. The topological polar surface area (TPSA) is 51.1 Å². The molecule has 6 heteroatoms. The minimum absolute atomic E-state index is 0.143. The molecule has 0 aliphatic heterocycles. The average molecular weight is 334 g/mol. The zero-order valence-corrected chi connectivity index (χ0v) is 13.8. The second-order valence-corrected chi connectivity index (χ2v) is 6.88. The molecule has 0 bridgehead atoms. The van der Waals surface area contributed by atoms with Gasteiger partial charge in [0.05, 0.1) is 6.54 Å². The van der Waals surface area contributed by atoms with E-state index in [2.05, 4.69) is 5.32 Å². The Hall–Kier alpha value is -1.95. The molecule has 1 aromatic carbocycles. The van der Waals surface area contributed by atoms with Crippen LogP contribution in [0.2, 0.25) is 0 Å². The van der Waals surface area contributed by atoms with Crippen molar-refractivity contribution < 1.29 is 9.18 Å². The van der Waals surface area contributed by atoms with Crippen molar-refractivity contribution in [1.82, 2.24) is 9.88 Å². The quantitative estimate of drug-likeness (QED) is 0.934. The van der Waals surface area contributed by atoms with Crippen molar-refractivity contribution in [2.75, 3.05) is 0 Å². The van der Waals surface area contributed by atoms with E-state index in [1.54, 1.807) is 25.1 Å². The fourth-order valence-electron chi connectivity index (χ4n) is 2.99. The SMILES string of the molecule is Cc1c(C(=O)NC2CCCC2)sc(=O)n1Cc1ccccc1F. The van der Waals surface area contributed by atoms with Crippen LogP contribution in [0.1, 0.15) is 46.6 Å². The van der Waals surface area contributed by atoms with Crippen LogP contribution in [0.4, 0.5) is 4.39 Å². The van der Waals surface area contributed by atoms with Gasteiger partial charge >= 0.3 is 4.87 Å². The largest absolute Gasteiger partial charge is 0.349 e. The van der Waals surface area contributed by atoms with Gasteiger partial charge in [-0.15, -0.1) is 0 Å². The van der Waals surface area contributed by atoms with Gasteiger partial charge in [-0.25, -0.2) is 4.39 Å². The van der Waals surface area contributed by atoms with Crippen LogP contribution >= 0.6 is 11.3 Å². The number of halogens is 1. The minimum Gasteiger partial charge on any atom is -0.349 e. The fraction of sp³-hybridized carbons (Fsp3) is 0.412. The Morgan fingerprint density at radius 3 is 2.74 bits per heavy atom. The molecule has 0 spiro atoms. The maximum absolute atomic E-state index is 13.8. The van der Waals surface area contributed by atoms with E-state index >= 15 is 0 Å². The molecule has 0 unspecified atom stereocenters. The molecule has 1 amide bonds. The predicted molar refractivity (Wildman–Crippen MR) is 88.5 cm³/mol. The maximum atomic E-state index is 13.8. The number of benzene rings is 1. The third-order valence-electron chi connectivity index (χ3n) is 4.33. The molecular formula is C17H19FN2O2S. The Kier molecular flexibility index (Phi) is 4.61. The lowest BCUT2D eigenvalue weighted by molar-refractivity contribution is 0.0941. The molecule has 4 nitrogen and oxygen atoms in total. The first-order valence-corrected chi connectivity index (χ1v) is 8.62. The van der Waals surface area contributed by atoms with Crippen LogP contribution in [-0.4, -0.2) is 16.5 Å². The fourth-order valence-corrected chi connectivity index (χ4v) is 3.88. The third-order valence-corrected chi connectivity index (χ3v) is 5.41. The van der Waals surface area contributed by atoms with E-state index in [1.807, 2.05) is 0 Å². The van der Waals surface area contributed by atoms with Crippen molar-refractivity contribution in [2.24, 2.45) is 0 Å². The van der Waals surface area contributed by atoms with Gasteiger partial charge in [0, 0.05) is 17.3 Å². The van der Waals surface area contributed by atoms with E-state index in [1.165, 1.54) is 10.6 Å². The molecule has 0 saturated heterocycles. The van der Waals surface area contributed by atoms with Gasteiger partial charge in [-0.3, -0.25) is 14.2 Å². The standard InChI is InChI=1S/C17H19FN2O2S/c1-11-15(16(21)19-13-7-3-4-8-13)23-17(22)20(11)10-12-6-2-5-9-14(12)18/h2,5-6,9,13H,3-4,7-8,10H2,1H3,(H,19,21). The number of carbonyl (C=O) groups is 1. The van der Waals surface area contributed by atoms with Crippen LogP contribution in [0, 0.1) is 12.7 Å². The van der Waals surface area contributed by atoms with Crippen molar-refractivity contribution in [1.29, 1.82) is 0 Å². The highest BCUT2D eigenvalue weighted by atomic mass is 32.1. The van der Waals surface area contributed by atoms with E-state index in [0.717, 1.165) is 37.0 Å².